The zero-order valence-corrected chi connectivity index (χ0v) is 12.7. The molecule has 0 aromatic carbocycles. The lowest BCUT2D eigenvalue weighted by Crippen LogP contribution is -2.39. The number of hydrogen-bond acceptors (Lipinski definition) is 4. The first-order valence-corrected chi connectivity index (χ1v) is 8.25. The number of carbonyl (C=O) groups excluding carboxylic acids is 2. The molecule has 2 aromatic heterocycles. The Morgan fingerprint density at radius 3 is 2.77 bits per heavy atom. The van der Waals surface area contributed by atoms with Crippen LogP contribution in [0.5, 0.6) is 0 Å². The van der Waals surface area contributed by atoms with Crippen LogP contribution in [0.4, 0.5) is 5.69 Å². The number of hydrogen-bond donors (Lipinski definition) is 0. The molecule has 22 heavy (non-hydrogen) atoms. The molecule has 2 aromatic rings. The quantitative estimate of drug-likeness (QED) is 0.854. The van der Waals surface area contributed by atoms with Crippen molar-refractivity contribution in [3.63, 3.8) is 0 Å². The Balaban J connectivity index is 1.60. The first-order valence-electron chi connectivity index (χ1n) is 7.31. The summed E-state index contributed by atoms with van der Waals surface area (Å²) in [5.74, 6) is 0.107. The number of anilines is 1. The molecule has 2 fully saturated rings. The molecule has 0 N–H and O–H groups in total. The van der Waals surface area contributed by atoms with Crippen LogP contribution in [-0.2, 0) is 4.79 Å². The van der Waals surface area contributed by atoms with Gasteiger partial charge >= 0.3 is 0 Å². The van der Waals surface area contributed by atoms with Gasteiger partial charge in [0.2, 0.25) is 5.91 Å². The summed E-state index contributed by atoms with van der Waals surface area (Å²) in [5, 5.41) is 3.97. The van der Waals surface area contributed by atoms with Crippen LogP contribution >= 0.6 is 11.3 Å². The van der Waals surface area contributed by atoms with Crippen molar-refractivity contribution in [2.24, 2.45) is 0 Å². The van der Waals surface area contributed by atoms with Gasteiger partial charge in [-0.15, -0.1) is 0 Å². The van der Waals surface area contributed by atoms with E-state index in [1.807, 2.05) is 26.6 Å². The number of pyridine rings is 1. The summed E-state index contributed by atoms with van der Waals surface area (Å²) in [6.45, 7) is 0.699. The van der Waals surface area contributed by atoms with Crippen molar-refractivity contribution < 1.29 is 9.59 Å². The maximum Gasteiger partial charge on any atom is 0.254 e. The van der Waals surface area contributed by atoms with E-state index < -0.39 is 0 Å². The Labute approximate surface area is 132 Å². The topological polar surface area (TPSA) is 53.5 Å². The van der Waals surface area contributed by atoms with Crippen LogP contribution in [0.1, 0.15) is 23.2 Å². The predicted molar refractivity (Wildman–Crippen MR) is 83.9 cm³/mol. The minimum Gasteiger partial charge on any atom is -0.333 e. The Morgan fingerprint density at radius 1 is 1.23 bits per heavy atom. The van der Waals surface area contributed by atoms with E-state index in [0.29, 0.717) is 18.5 Å². The van der Waals surface area contributed by atoms with E-state index in [-0.39, 0.29) is 23.9 Å². The van der Waals surface area contributed by atoms with Crippen LogP contribution in [0.15, 0.2) is 41.4 Å². The summed E-state index contributed by atoms with van der Waals surface area (Å²) in [6, 6.07) is 5.51. The van der Waals surface area contributed by atoms with Crippen LogP contribution in [-0.4, -0.2) is 40.3 Å². The fourth-order valence-corrected chi connectivity index (χ4v) is 4.12. The van der Waals surface area contributed by atoms with Gasteiger partial charge in [0, 0.05) is 36.3 Å². The van der Waals surface area contributed by atoms with Gasteiger partial charge in [0.1, 0.15) is 0 Å². The van der Waals surface area contributed by atoms with Crippen LogP contribution in [0.25, 0.3) is 0 Å². The number of likely N-dealkylation sites (tertiary alicyclic amines) is 1. The Morgan fingerprint density at radius 2 is 2.05 bits per heavy atom. The molecule has 2 aliphatic heterocycles. The second-order valence-corrected chi connectivity index (χ2v) is 6.39. The standard InChI is InChI=1S/C16H15N3O2S/c20-15-9-14-13(19(15)12-4-8-22-10-12)3-7-18(14)16(21)11-1-5-17-6-2-11/h1-2,4-6,8,10,13-14H,3,7,9H2/t13-,14+/m0/s1. The molecule has 0 saturated carbocycles. The smallest absolute Gasteiger partial charge is 0.254 e. The van der Waals surface area contributed by atoms with E-state index in [4.69, 9.17) is 0 Å². The molecule has 4 heterocycles. The van der Waals surface area contributed by atoms with Gasteiger partial charge in [0.05, 0.1) is 17.8 Å². The van der Waals surface area contributed by atoms with Crippen molar-refractivity contribution in [1.29, 1.82) is 0 Å². The number of nitrogens with zero attached hydrogens (tertiary/aromatic N) is 3. The third-order valence-electron chi connectivity index (χ3n) is 4.47. The summed E-state index contributed by atoms with van der Waals surface area (Å²) in [7, 11) is 0. The molecule has 0 radical (unpaired) electrons. The maximum absolute atomic E-state index is 12.7. The molecule has 5 nitrogen and oxygen atoms in total. The Hall–Kier alpha value is -2.21. The highest BCUT2D eigenvalue weighted by molar-refractivity contribution is 7.08. The lowest BCUT2D eigenvalue weighted by Gasteiger charge is -2.24. The molecule has 0 spiro atoms. The van der Waals surface area contributed by atoms with Gasteiger partial charge in [-0.3, -0.25) is 14.6 Å². The monoisotopic (exact) mass is 313 g/mol. The molecule has 0 unspecified atom stereocenters. The van der Waals surface area contributed by atoms with Crippen molar-refractivity contribution in [1.82, 2.24) is 9.88 Å². The third-order valence-corrected chi connectivity index (χ3v) is 5.14. The normalized spacial score (nSPS) is 23.9. The predicted octanol–water partition coefficient (Wildman–Crippen LogP) is 2.16. The fraction of sp³-hybridized carbons (Fsp3) is 0.312. The molecule has 0 aliphatic carbocycles. The fourth-order valence-electron chi connectivity index (χ4n) is 3.49. The zero-order chi connectivity index (χ0) is 15.1. The van der Waals surface area contributed by atoms with E-state index in [0.717, 1.165) is 12.1 Å². The van der Waals surface area contributed by atoms with Gasteiger partial charge in [0.25, 0.3) is 5.91 Å². The number of rotatable bonds is 2. The summed E-state index contributed by atoms with van der Waals surface area (Å²) in [5.41, 5.74) is 1.60. The summed E-state index contributed by atoms with van der Waals surface area (Å²) in [4.78, 5) is 32.7. The summed E-state index contributed by atoms with van der Waals surface area (Å²) in [6.07, 6.45) is 4.50. The number of fused-ring (bicyclic) bond motifs is 1. The van der Waals surface area contributed by atoms with E-state index in [1.54, 1.807) is 35.9 Å². The van der Waals surface area contributed by atoms with Crippen LogP contribution in [0.2, 0.25) is 0 Å². The molecule has 2 saturated heterocycles. The molecule has 0 bridgehead atoms. The van der Waals surface area contributed by atoms with Crippen molar-refractivity contribution in [2.75, 3.05) is 11.4 Å². The SMILES string of the molecule is O=C(c1ccncc1)N1CC[C@H]2[C@H]1CC(=O)N2c1ccsc1. The van der Waals surface area contributed by atoms with E-state index in [9.17, 15) is 9.59 Å². The number of carbonyl (C=O) groups is 2. The van der Waals surface area contributed by atoms with Crippen LogP contribution < -0.4 is 4.90 Å². The van der Waals surface area contributed by atoms with Gasteiger partial charge in [-0.05, 0) is 30.0 Å². The highest BCUT2D eigenvalue weighted by atomic mass is 32.1. The van der Waals surface area contributed by atoms with Crippen molar-refractivity contribution >= 4 is 28.8 Å². The lowest BCUT2D eigenvalue weighted by molar-refractivity contribution is -0.117. The highest BCUT2D eigenvalue weighted by Crippen LogP contribution is 2.37. The van der Waals surface area contributed by atoms with Gasteiger partial charge in [-0.1, -0.05) is 0 Å². The molecule has 6 heteroatoms. The Kier molecular flexibility index (Phi) is 3.18. The van der Waals surface area contributed by atoms with Crippen molar-refractivity contribution in [2.45, 2.75) is 24.9 Å². The van der Waals surface area contributed by atoms with Gasteiger partial charge in [-0.2, -0.15) is 11.3 Å². The molecule has 112 valence electrons. The van der Waals surface area contributed by atoms with E-state index in [1.165, 1.54) is 0 Å². The van der Waals surface area contributed by atoms with Gasteiger partial charge in [-0.25, -0.2) is 0 Å². The number of aromatic nitrogens is 1. The number of amides is 2. The minimum atomic E-state index is -0.0203. The molecule has 2 amide bonds. The van der Waals surface area contributed by atoms with Crippen molar-refractivity contribution in [3.05, 3.63) is 46.9 Å². The van der Waals surface area contributed by atoms with Gasteiger partial charge < -0.3 is 9.80 Å². The molecule has 2 atom stereocenters. The first-order chi connectivity index (χ1) is 10.8. The summed E-state index contributed by atoms with van der Waals surface area (Å²) >= 11 is 1.59. The average molecular weight is 313 g/mol. The van der Waals surface area contributed by atoms with E-state index >= 15 is 0 Å². The van der Waals surface area contributed by atoms with Crippen molar-refractivity contribution in [3.8, 4) is 0 Å². The second kappa shape index (κ2) is 5.21. The Bertz CT molecular complexity index is 701. The second-order valence-electron chi connectivity index (χ2n) is 5.61. The molecule has 4 rings (SSSR count). The molecule has 2 aliphatic rings. The maximum atomic E-state index is 12.7. The largest absolute Gasteiger partial charge is 0.333 e. The minimum absolute atomic E-state index is 0.00475. The summed E-state index contributed by atoms with van der Waals surface area (Å²) < 4.78 is 0. The van der Waals surface area contributed by atoms with Crippen LogP contribution in [0, 0.1) is 0 Å². The third kappa shape index (κ3) is 2.02. The average Bonchev–Trinajstić information content (AvgIpc) is 3.24. The van der Waals surface area contributed by atoms with Gasteiger partial charge in [0.15, 0.2) is 0 Å². The molecular formula is C16H15N3O2S. The van der Waals surface area contributed by atoms with E-state index in [2.05, 4.69) is 4.98 Å². The number of thiophene rings is 1. The highest BCUT2D eigenvalue weighted by Gasteiger charge is 2.48. The van der Waals surface area contributed by atoms with Crippen LogP contribution in [0.3, 0.4) is 0 Å². The molecular weight excluding hydrogens is 298 g/mol. The first kappa shape index (κ1) is 13.5. The zero-order valence-electron chi connectivity index (χ0n) is 11.9. The lowest BCUT2D eigenvalue weighted by atomic mass is 10.1.